The Bertz CT molecular complexity index is 1520. The fourth-order valence-electron chi connectivity index (χ4n) is 4.53. The first-order valence-electron chi connectivity index (χ1n) is 11.0. The van der Waals surface area contributed by atoms with Crippen LogP contribution in [-0.2, 0) is 0 Å². The third kappa shape index (κ3) is 3.35. The van der Waals surface area contributed by atoms with Crippen molar-refractivity contribution in [2.24, 2.45) is 0 Å². The molecule has 0 radical (unpaired) electrons. The van der Waals surface area contributed by atoms with E-state index in [1.807, 2.05) is 12.1 Å². The van der Waals surface area contributed by atoms with E-state index in [-0.39, 0.29) is 0 Å². The number of pyridine rings is 1. The lowest BCUT2D eigenvalue weighted by molar-refractivity contribution is 1.17. The van der Waals surface area contributed by atoms with E-state index in [4.69, 9.17) is 0 Å². The maximum Gasteiger partial charge on any atom is 0.101 e. The fourth-order valence-corrected chi connectivity index (χ4v) is 5.59. The summed E-state index contributed by atoms with van der Waals surface area (Å²) < 4.78 is 0. The molecule has 0 atom stereocenters. The Hall–Kier alpha value is -4.33. The van der Waals surface area contributed by atoms with Crippen LogP contribution in [-0.4, -0.2) is 4.98 Å². The van der Waals surface area contributed by atoms with Crippen LogP contribution in [0.2, 0.25) is 0 Å². The monoisotopic (exact) mass is 453 g/mol. The van der Waals surface area contributed by atoms with Crippen molar-refractivity contribution >= 4 is 28.8 Å². The Labute approximate surface area is 203 Å². The minimum absolute atomic E-state index is 0.567. The molecule has 6 rings (SSSR count). The summed E-state index contributed by atoms with van der Waals surface area (Å²) in [6.07, 6.45) is 3.37. The van der Waals surface area contributed by atoms with E-state index in [9.17, 15) is 5.26 Å². The van der Waals surface area contributed by atoms with Gasteiger partial charge in [-0.05, 0) is 47.5 Å². The van der Waals surface area contributed by atoms with Crippen LogP contribution in [0.15, 0.2) is 125 Å². The van der Waals surface area contributed by atoms with E-state index >= 15 is 0 Å². The lowest BCUT2D eigenvalue weighted by atomic mass is 9.91. The summed E-state index contributed by atoms with van der Waals surface area (Å²) in [6, 6.07) is 38.1. The van der Waals surface area contributed by atoms with Crippen molar-refractivity contribution in [1.29, 1.82) is 5.26 Å². The molecule has 4 heteroatoms. The van der Waals surface area contributed by atoms with E-state index in [0.717, 1.165) is 39.3 Å². The molecule has 0 spiro atoms. The smallest absolute Gasteiger partial charge is 0.101 e. The Morgan fingerprint density at radius 2 is 1.12 bits per heavy atom. The SMILES string of the molecule is N#Cc1cnccc1-c1ccccc1-c1ccccc1N1c2ccccc2Sc2ccccc21. The highest BCUT2D eigenvalue weighted by atomic mass is 32.2. The molecule has 4 aromatic carbocycles. The van der Waals surface area contributed by atoms with E-state index in [2.05, 4.69) is 107 Å². The molecule has 0 fully saturated rings. The molecular formula is C30H19N3S. The molecule has 1 aromatic heterocycles. The van der Waals surface area contributed by atoms with Gasteiger partial charge in [0.25, 0.3) is 0 Å². The molecule has 160 valence electrons. The second-order valence-corrected chi connectivity index (χ2v) is 9.05. The molecular weight excluding hydrogens is 434 g/mol. The van der Waals surface area contributed by atoms with E-state index < -0.39 is 0 Å². The first-order chi connectivity index (χ1) is 16.8. The highest BCUT2D eigenvalue weighted by molar-refractivity contribution is 7.99. The molecule has 1 aliphatic rings. The van der Waals surface area contributed by atoms with Crippen LogP contribution in [0.5, 0.6) is 0 Å². The molecule has 3 nitrogen and oxygen atoms in total. The molecule has 0 saturated heterocycles. The van der Waals surface area contributed by atoms with E-state index in [1.54, 1.807) is 24.2 Å². The summed E-state index contributed by atoms with van der Waals surface area (Å²) in [6.45, 7) is 0. The molecule has 5 aromatic rings. The molecule has 0 bridgehead atoms. The third-order valence-corrected chi connectivity index (χ3v) is 7.16. The van der Waals surface area contributed by atoms with Crippen LogP contribution >= 0.6 is 11.8 Å². The lowest BCUT2D eigenvalue weighted by Gasteiger charge is -2.34. The number of nitriles is 1. The maximum absolute atomic E-state index is 9.72. The van der Waals surface area contributed by atoms with Gasteiger partial charge in [-0.3, -0.25) is 4.98 Å². The fraction of sp³-hybridized carbons (Fsp3) is 0. The highest BCUT2D eigenvalue weighted by Crippen LogP contribution is 2.53. The number of rotatable bonds is 3. The number of para-hydroxylation sites is 3. The molecule has 34 heavy (non-hydrogen) atoms. The quantitative estimate of drug-likeness (QED) is 0.271. The van der Waals surface area contributed by atoms with Crippen molar-refractivity contribution in [3.8, 4) is 28.3 Å². The first-order valence-corrected chi connectivity index (χ1v) is 11.9. The molecule has 0 N–H and O–H groups in total. The average molecular weight is 454 g/mol. The minimum atomic E-state index is 0.567. The van der Waals surface area contributed by atoms with Gasteiger partial charge in [0.15, 0.2) is 0 Å². The number of hydrogen-bond acceptors (Lipinski definition) is 4. The summed E-state index contributed by atoms with van der Waals surface area (Å²) in [7, 11) is 0. The molecule has 0 unspecified atom stereocenters. The van der Waals surface area contributed by atoms with Crippen molar-refractivity contribution in [3.63, 3.8) is 0 Å². The lowest BCUT2D eigenvalue weighted by Crippen LogP contribution is -2.15. The summed E-state index contributed by atoms with van der Waals surface area (Å²) >= 11 is 1.80. The predicted octanol–water partition coefficient (Wildman–Crippen LogP) is 8.22. The van der Waals surface area contributed by atoms with E-state index in [0.29, 0.717) is 5.56 Å². The van der Waals surface area contributed by atoms with Crippen LogP contribution in [0.4, 0.5) is 17.1 Å². The van der Waals surface area contributed by atoms with Crippen LogP contribution in [0.3, 0.4) is 0 Å². The van der Waals surface area contributed by atoms with Crippen LogP contribution in [0.25, 0.3) is 22.3 Å². The second kappa shape index (κ2) is 8.55. The molecule has 0 aliphatic carbocycles. The normalized spacial score (nSPS) is 11.9. The minimum Gasteiger partial charge on any atom is -0.308 e. The molecule has 0 amide bonds. The number of fused-ring (bicyclic) bond motifs is 2. The Morgan fingerprint density at radius 1 is 0.588 bits per heavy atom. The van der Waals surface area contributed by atoms with Gasteiger partial charge in [0, 0.05) is 33.3 Å². The topological polar surface area (TPSA) is 39.9 Å². The van der Waals surface area contributed by atoms with Gasteiger partial charge in [-0.25, -0.2) is 0 Å². The Balaban J connectivity index is 1.61. The molecule has 1 aliphatic heterocycles. The van der Waals surface area contributed by atoms with Crippen molar-refractivity contribution < 1.29 is 0 Å². The Morgan fingerprint density at radius 3 is 1.76 bits per heavy atom. The van der Waals surface area contributed by atoms with Crippen molar-refractivity contribution in [1.82, 2.24) is 4.98 Å². The first kappa shape index (κ1) is 20.3. The average Bonchev–Trinajstić information content (AvgIpc) is 2.91. The van der Waals surface area contributed by atoms with Gasteiger partial charge in [0.1, 0.15) is 6.07 Å². The van der Waals surface area contributed by atoms with Crippen molar-refractivity contribution in [2.45, 2.75) is 9.79 Å². The number of anilines is 3. The van der Waals surface area contributed by atoms with Gasteiger partial charge < -0.3 is 4.90 Å². The van der Waals surface area contributed by atoms with Gasteiger partial charge in [0.05, 0.1) is 22.6 Å². The van der Waals surface area contributed by atoms with Crippen LogP contribution < -0.4 is 4.90 Å². The number of hydrogen-bond donors (Lipinski definition) is 0. The number of nitrogens with zero attached hydrogens (tertiary/aromatic N) is 3. The van der Waals surface area contributed by atoms with Gasteiger partial charge in [-0.2, -0.15) is 5.26 Å². The maximum atomic E-state index is 9.72. The van der Waals surface area contributed by atoms with Crippen molar-refractivity contribution in [2.75, 3.05) is 4.90 Å². The zero-order valence-electron chi connectivity index (χ0n) is 18.2. The highest BCUT2D eigenvalue weighted by Gasteiger charge is 2.26. The van der Waals surface area contributed by atoms with Crippen LogP contribution in [0, 0.1) is 11.3 Å². The van der Waals surface area contributed by atoms with Crippen LogP contribution in [0.1, 0.15) is 5.56 Å². The van der Waals surface area contributed by atoms with Gasteiger partial charge in [-0.1, -0.05) is 78.5 Å². The zero-order chi connectivity index (χ0) is 22.9. The zero-order valence-corrected chi connectivity index (χ0v) is 19.0. The van der Waals surface area contributed by atoms with E-state index in [1.165, 1.54) is 9.79 Å². The predicted molar refractivity (Wildman–Crippen MR) is 139 cm³/mol. The molecule has 0 saturated carbocycles. The summed E-state index contributed by atoms with van der Waals surface area (Å²) in [4.78, 5) is 8.96. The summed E-state index contributed by atoms with van der Waals surface area (Å²) in [5, 5.41) is 9.72. The van der Waals surface area contributed by atoms with Gasteiger partial charge in [0.2, 0.25) is 0 Å². The largest absolute Gasteiger partial charge is 0.308 e. The number of benzene rings is 4. The standard InChI is InChI=1S/C30H19N3S/c31-19-21-20-32-18-17-22(21)23-9-1-2-10-24(23)25-11-3-4-12-26(25)33-27-13-5-7-15-29(27)34-30-16-8-6-14-28(30)33/h1-18,20H. The summed E-state index contributed by atoms with van der Waals surface area (Å²) in [5.41, 5.74) is 8.08. The second-order valence-electron chi connectivity index (χ2n) is 7.97. The molecule has 2 heterocycles. The third-order valence-electron chi connectivity index (χ3n) is 6.03. The van der Waals surface area contributed by atoms with Crippen molar-refractivity contribution in [3.05, 3.63) is 121 Å². The number of aromatic nitrogens is 1. The van der Waals surface area contributed by atoms with Gasteiger partial charge >= 0.3 is 0 Å². The Kier molecular flexibility index (Phi) is 5.10. The van der Waals surface area contributed by atoms with Gasteiger partial charge in [-0.15, -0.1) is 0 Å². The summed E-state index contributed by atoms with van der Waals surface area (Å²) in [5.74, 6) is 0.